The highest BCUT2D eigenvalue weighted by molar-refractivity contribution is 5.23. The molecule has 0 aromatic heterocycles. The monoisotopic (exact) mass is 96.1 g/mol. The second-order valence-corrected chi connectivity index (χ2v) is 2.57. The zero-order valence-electron chi connectivity index (χ0n) is 5.28. The molecule has 0 heteroatoms. The van der Waals surface area contributed by atoms with Crippen LogP contribution in [0, 0.1) is 5.92 Å². The van der Waals surface area contributed by atoms with Gasteiger partial charge >= 0.3 is 0 Å². The molecule has 0 heterocycles. The second-order valence-electron chi connectivity index (χ2n) is 2.57. The molecule has 0 bridgehead atoms. The Balaban J connectivity index is 2.65. The summed E-state index contributed by atoms with van der Waals surface area (Å²) in [5.74, 6) is 0.889. The van der Waals surface area contributed by atoms with Gasteiger partial charge < -0.3 is 0 Å². The number of rotatable bonds is 0. The van der Waals surface area contributed by atoms with E-state index in [0.29, 0.717) is 0 Å². The second kappa shape index (κ2) is 1.36. The maximum atomic E-state index is 2.28. The lowest BCUT2D eigenvalue weighted by atomic mass is 9.81. The average molecular weight is 96.2 g/mol. The van der Waals surface area contributed by atoms with Crippen LogP contribution >= 0.6 is 0 Å². The van der Waals surface area contributed by atoms with Crippen LogP contribution in [0.3, 0.4) is 0 Å². The van der Waals surface area contributed by atoms with Crippen molar-refractivity contribution in [3.63, 3.8) is 0 Å². The van der Waals surface area contributed by atoms with Gasteiger partial charge in [0.1, 0.15) is 0 Å². The SMILES string of the molecule is CC1=C(C)[C@H](C)C1. The fourth-order valence-corrected chi connectivity index (χ4v) is 1.06. The van der Waals surface area contributed by atoms with Crippen LogP contribution in [0.15, 0.2) is 11.1 Å². The van der Waals surface area contributed by atoms with Crippen molar-refractivity contribution < 1.29 is 0 Å². The van der Waals surface area contributed by atoms with E-state index in [-0.39, 0.29) is 0 Å². The minimum Gasteiger partial charge on any atom is -0.0735 e. The molecule has 0 aromatic carbocycles. The molecule has 40 valence electrons. The molecular weight excluding hydrogens is 84.1 g/mol. The van der Waals surface area contributed by atoms with Crippen LogP contribution in [0.5, 0.6) is 0 Å². The zero-order valence-corrected chi connectivity index (χ0v) is 5.28. The summed E-state index contributed by atoms with van der Waals surface area (Å²) < 4.78 is 0. The maximum absolute atomic E-state index is 2.28. The normalized spacial score (nSPS) is 30.4. The number of hydrogen-bond donors (Lipinski definition) is 0. The molecule has 1 rings (SSSR count). The lowest BCUT2D eigenvalue weighted by Gasteiger charge is -2.25. The van der Waals surface area contributed by atoms with Crippen LogP contribution < -0.4 is 0 Å². The molecule has 0 fully saturated rings. The first-order chi connectivity index (χ1) is 3.22. The summed E-state index contributed by atoms with van der Waals surface area (Å²) in [6, 6.07) is 0. The van der Waals surface area contributed by atoms with Gasteiger partial charge in [-0.25, -0.2) is 0 Å². The first-order valence-electron chi connectivity index (χ1n) is 2.88. The van der Waals surface area contributed by atoms with Crippen LogP contribution in [-0.2, 0) is 0 Å². The minimum atomic E-state index is 0.889. The van der Waals surface area contributed by atoms with Crippen molar-refractivity contribution in [3.05, 3.63) is 11.1 Å². The van der Waals surface area contributed by atoms with Crippen LogP contribution in [0.1, 0.15) is 27.2 Å². The van der Waals surface area contributed by atoms with Gasteiger partial charge in [0, 0.05) is 0 Å². The smallest absolute Gasteiger partial charge is 0.0195 e. The Labute approximate surface area is 45.2 Å². The van der Waals surface area contributed by atoms with E-state index in [4.69, 9.17) is 0 Å². The molecule has 0 saturated carbocycles. The lowest BCUT2D eigenvalue weighted by Crippen LogP contribution is -2.09. The van der Waals surface area contributed by atoms with E-state index in [0.717, 1.165) is 5.92 Å². The molecule has 1 aliphatic carbocycles. The highest BCUT2D eigenvalue weighted by atomic mass is 14.2. The molecule has 0 saturated heterocycles. The van der Waals surface area contributed by atoms with Crippen molar-refractivity contribution in [2.45, 2.75) is 27.2 Å². The van der Waals surface area contributed by atoms with Gasteiger partial charge in [0.15, 0.2) is 0 Å². The van der Waals surface area contributed by atoms with Crippen molar-refractivity contribution >= 4 is 0 Å². The quantitative estimate of drug-likeness (QED) is 0.406. The summed E-state index contributed by atoms with van der Waals surface area (Å²) in [5, 5.41) is 0. The fourth-order valence-electron chi connectivity index (χ4n) is 1.06. The molecule has 7 heavy (non-hydrogen) atoms. The van der Waals surface area contributed by atoms with E-state index < -0.39 is 0 Å². The maximum Gasteiger partial charge on any atom is -0.0195 e. The van der Waals surface area contributed by atoms with Gasteiger partial charge in [-0.15, -0.1) is 0 Å². The number of allylic oxidation sites excluding steroid dienone is 2. The summed E-state index contributed by atoms with van der Waals surface area (Å²) in [6.07, 6.45) is 1.34. The Morgan fingerprint density at radius 2 is 2.00 bits per heavy atom. The standard InChI is InChI=1S/C7H12/c1-5-4-6(2)7(5)3/h5H,4H2,1-3H3/t5-/m1/s1. The first kappa shape index (κ1) is 4.89. The predicted molar refractivity (Wildman–Crippen MR) is 32.2 cm³/mol. The Kier molecular flexibility index (Phi) is 0.949. The molecular formula is C7H12. The summed E-state index contributed by atoms with van der Waals surface area (Å²) in [5.41, 5.74) is 3.22. The van der Waals surface area contributed by atoms with Crippen LogP contribution in [-0.4, -0.2) is 0 Å². The third kappa shape index (κ3) is 0.583. The molecule has 0 N–H and O–H groups in total. The van der Waals surface area contributed by atoms with Crippen LogP contribution in [0.2, 0.25) is 0 Å². The molecule has 0 amide bonds. The zero-order chi connectivity index (χ0) is 5.44. The van der Waals surface area contributed by atoms with Crippen molar-refractivity contribution in [2.75, 3.05) is 0 Å². The third-order valence-electron chi connectivity index (χ3n) is 2.02. The van der Waals surface area contributed by atoms with Gasteiger partial charge in [0.05, 0.1) is 0 Å². The summed E-state index contributed by atoms with van der Waals surface area (Å²) >= 11 is 0. The fraction of sp³-hybridized carbons (Fsp3) is 0.714. The largest absolute Gasteiger partial charge is 0.0735 e. The number of hydrogen-bond acceptors (Lipinski definition) is 0. The average Bonchev–Trinajstić information content (AvgIpc) is 1.68. The Hall–Kier alpha value is -0.260. The predicted octanol–water partition coefficient (Wildman–Crippen LogP) is 2.36. The van der Waals surface area contributed by atoms with Crippen molar-refractivity contribution in [3.8, 4) is 0 Å². The van der Waals surface area contributed by atoms with Crippen LogP contribution in [0.4, 0.5) is 0 Å². The van der Waals surface area contributed by atoms with Crippen molar-refractivity contribution in [1.82, 2.24) is 0 Å². The summed E-state index contributed by atoms with van der Waals surface area (Å²) in [7, 11) is 0. The molecule has 0 unspecified atom stereocenters. The van der Waals surface area contributed by atoms with E-state index in [2.05, 4.69) is 20.8 Å². The van der Waals surface area contributed by atoms with Crippen molar-refractivity contribution in [2.24, 2.45) is 5.92 Å². The van der Waals surface area contributed by atoms with Gasteiger partial charge in [0.2, 0.25) is 0 Å². The van der Waals surface area contributed by atoms with E-state index in [1.165, 1.54) is 6.42 Å². The molecule has 0 nitrogen and oxygen atoms in total. The summed E-state index contributed by atoms with van der Waals surface area (Å²) in [4.78, 5) is 0. The van der Waals surface area contributed by atoms with Crippen molar-refractivity contribution in [1.29, 1.82) is 0 Å². The Morgan fingerprint density at radius 3 is 2.00 bits per heavy atom. The highest BCUT2D eigenvalue weighted by Gasteiger charge is 2.16. The minimum absolute atomic E-state index is 0.889. The first-order valence-corrected chi connectivity index (χ1v) is 2.88. The molecule has 0 aliphatic heterocycles. The molecule has 0 spiro atoms. The van der Waals surface area contributed by atoms with E-state index in [1.807, 2.05) is 0 Å². The third-order valence-corrected chi connectivity index (χ3v) is 2.02. The van der Waals surface area contributed by atoms with E-state index in [9.17, 15) is 0 Å². The van der Waals surface area contributed by atoms with Gasteiger partial charge in [0.25, 0.3) is 0 Å². The summed E-state index contributed by atoms with van der Waals surface area (Å²) in [6.45, 7) is 6.72. The van der Waals surface area contributed by atoms with E-state index in [1.54, 1.807) is 11.1 Å². The topological polar surface area (TPSA) is 0 Å². The molecule has 1 atom stereocenters. The lowest BCUT2D eigenvalue weighted by molar-refractivity contribution is 0.584. The molecule has 0 radical (unpaired) electrons. The van der Waals surface area contributed by atoms with Gasteiger partial charge in [-0.2, -0.15) is 0 Å². The Morgan fingerprint density at radius 1 is 1.43 bits per heavy atom. The van der Waals surface area contributed by atoms with Crippen LogP contribution in [0.25, 0.3) is 0 Å². The van der Waals surface area contributed by atoms with E-state index >= 15 is 0 Å². The Bertz CT molecular complexity index is 109. The highest BCUT2D eigenvalue weighted by Crippen LogP contribution is 2.32. The van der Waals surface area contributed by atoms with Gasteiger partial charge in [-0.1, -0.05) is 18.1 Å². The van der Waals surface area contributed by atoms with Gasteiger partial charge in [-0.3, -0.25) is 0 Å². The molecule has 1 aliphatic rings. The molecule has 0 aromatic rings. The van der Waals surface area contributed by atoms with Gasteiger partial charge in [-0.05, 0) is 26.2 Å².